The molecule has 0 saturated heterocycles. The molecular formula is C19H39NO5S. The molecule has 6 nitrogen and oxygen atoms in total. The number of nitrogens with zero attached hydrogens (tertiary/aromatic N) is 1. The van der Waals surface area contributed by atoms with E-state index in [4.69, 9.17) is 0 Å². The Morgan fingerprint density at radius 3 is 1.46 bits per heavy atom. The monoisotopic (exact) mass is 393 g/mol. The lowest BCUT2D eigenvalue weighted by Gasteiger charge is -2.43. The maximum atomic E-state index is 11.8. The minimum absolute atomic E-state index is 0.144. The molecule has 1 N–H and O–H groups in total. The molecule has 0 fully saturated rings. The maximum Gasteiger partial charge on any atom is 0.328 e. The van der Waals surface area contributed by atoms with E-state index in [0.29, 0.717) is 6.42 Å². The van der Waals surface area contributed by atoms with Crippen LogP contribution in [0.4, 0.5) is 0 Å². The van der Waals surface area contributed by atoms with E-state index in [0.717, 1.165) is 25.7 Å². The van der Waals surface area contributed by atoms with Crippen molar-refractivity contribution in [2.75, 3.05) is 21.1 Å². The number of carboxylic acid groups (broad SMARTS) is 1. The Morgan fingerprint density at radius 1 is 0.846 bits per heavy atom. The molecule has 0 aliphatic heterocycles. The first kappa shape index (κ1) is 25.3. The number of hydrogen-bond acceptors (Lipinski definition) is 4. The Morgan fingerprint density at radius 2 is 1.19 bits per heavy atom. The van der Waals surface area contributed by atoms with Crippen molar-refractivity contribution in [1.29, 1.82) is 0 Å². The molecule has 0 aromatic carbocycles. The third-order valence-corrected chi connectivity index (χ3v) is 6.97. The van der Waals surface area contributed by atoms with Gasteiger partial charge in [-0.15, -0.1) is 0 Å². The van der Waals surface area contributed by atoms with Crippen molar-refractivity contribution in [1.82, 2.24) is 0 Å². The first-order valence-electron chi connectivity index (χ1n) is 10.0. The summed E-state index contributed by atoms with van der Waals surface area (Å²) >= 11 is 0. The summed E-state index contributed by atoms with van der Waals surface area (Å²) in [6.07, 6.45) is 13.2. The third-order valence-electron chi connectivity index (χ3n) is 5.20. The van der Waals surface area contributed by atoms with Crippen LogP contribution in [0.1, 0.15) is 90.4 Å². The highest BCUT2D eigenvalue weighted by molar-refractivity contribution is 7.87. The molecule has 0 saturated carbocycles. The van der Waals surface area contributed by atoms with Crippen LogP contribution in [-0.2, 0) is 14.9 Å². The number of aliphatic carboxylic acids is 1. The molecule has 1 atom stereocenters. The topological polar surface area (TPSA) is 94.5 Å². The van der Waals surface area contributed by atoms with E-state index in [9.17, 15) is 22.9 Å². The third kappa shape index (κ3) is 7.92. The zero-order valence-electron chi connectivity index (χ0n) is 17.1. The highest BCUT2D eigenvalue weighted by Crippen LogP contribution is 2.31. The van der Waals surface area contributed by atoms with Crippen LogP contribution in [0.15, 0.2) is 0 Å². The molecule has 26 heavy (non-hydrogen) atoms. The van der Waals surface area contributed by atoms with Crippen LogP contribution in [0.3, 0.4) is 0 Å². The van der Waals surface area contributed by atoms with Crippen molar-refractivity contribution < 1.29 is 27.4 Å². The van der Waals surface area contributed by atoms with Crippen LogP contribution in [0.2, 0.25) is 0 Å². The normalized spacial score (nSPS) is 15.0. The average Bonchev–Trinajstić information content (AvgIpc) is 2.49. The number of carbonyl (C=O) groups is 1. The van der Waals surface area contributed by atoms with Gasteiger partial charge in [0.1, 0.15) is 5.97 Å². The highest BCUT2D eigenvalue weighted by Gasteiger charge is 2.55. The molecule has 0 aliphatic carbocycles. The molecule has 0 heterocycles. The summed E-state index contributed by atoms with van der Waals surface area (Å²) in [6.45, 7) is 2.22. The SMILES string of the molecule is CCCCCCCCCCCCCCC(C(=O)[O-])([N+](C)(C)C)S(=O)(=O)O. The van der Waals surface area contributed by atoms with Crippen molar-refractivity contribution >= 4 is 16.1 Å². The van der Waals surface area contributed by atoms with Crippen LogP contribution >= 0.6 is 0 Å². The van der Waals surface area contributed by atoms with Gasteiger partial charge in [0, 0.05) is 6.42 Å². The summed E-state index contributed by atoms with van der Waals surface area (Å²) in [7, 11) is -0.442. The standard InChI is InChI=1S/C19H39NO5S/c1-5-6-7-8-9-10-11-12-13-14-15-16-17-19(18(21)22,20(2,3)4)26(23,24)25/h5-17H2,1-4H3,(H-,21,22,23,24,25). The van der Waals surface area contributed by atoms with E-state index in [2.05, 4.69) is 6.92 Å². The predicted molar refractivity (Wildman–Crippen MR) is 103 cm³/mol. The Balaban J connectivity index is 4.15. The summed E-state index contributed by atoms with van der Waals surface area (Å²) in [5.74, 6) is -1.74. The van der Waals surface area contributed by atoms with Gasteiger partial charge in [-0.05, 0) is 6.42 Å². The van der Waals surface area contributed by atoms with Gasteiger partial charge in [-0.2, -0.15) is 8.42 Å². The molecule has 0 aromatic heterocycles. The molecule has 156 valence electrons. The van der Waals surface area contributed by atoms with E-state index < -0.39 is 25.4 Å². The maximum absolute atomic E-state index is 11.8. The molecule has 0 amide bonds. The Labute approximate surface area is 160 Å². The van der Waals surface area contributed by atoms with E-state index in [1.54, 1.807) is 0 Å². The van der Waals surface area contributed by atoms with Crippen LogP contribution in [0, 0.1) is 0 Å². The number of unbranched alkanes of at least 4 members (excludes halogenated alkanes) is 11. The molecule has 0 aromatic rings. The minimum atomic E-state index is -4.79. The first-order valence-corrected chi connectivity index (χ1v) is 11.4. The molecule has 0 radical (unpaired) electrons. The summed E-state index contributed by atoms with van der Waals surface area (Å²) in [5, 5.41) is 11.6. The van der Waals surface area contributed by atoms with E-state index in [1.165, 1.54) is 66.1 Å². The van der Waals surface area contributed by atoms with Gasteiger partial charge >= 0.3 is 10.1 Å². The summed E-state index contributed by atoms with van der Waals surface area (Å²) in [6, 6.07) is 0. The van der Waals surface area contributed by atoms with Crippen LogP contribution in [0.25, 0.3) is 0 Å². The summed E-state index contributed by atoms with van der Waals surface area (Å²) in [5.41, 5.74) is 0. The number of hydrogen-bond donors (Lipinski definition) is 1. The average molecular weight is 394 g/mol. The molecule has 1 unspecified atom stereocenters. The van der Waals surface area contributed by atoms with Crippen LogP contribution in [0.5, 0.6) is 0 Å². The lowest BCUT2D eigenvalue weighted by molar-refractivity contribution is -0.901. The first-order chi connectivity index (χ1) is 12.0. The Bertz CT molecular complexity index is 499. The van der Waals surface area contributed by atoms with Gasteiger partial charge in [0.05, 0.1) is 21.1 Å². The molecule has 0 rings (SSSR count). The second-order valence-electron chi connectivity index (χ2n) is 8.20. The largest absolute Gasteiger partial charge is 0.543 e. The van der Waals surface area contributed by atoms with Crippen molar-refractivity contribution in [3.63, 3.8) is 0 Å². The van der Waals surface area contributed by atoms with Crippen molar-refractivity contribution in [3.8, 4) is 0 Å². The quantitative estimate of drug-likeness (QED) is 0.247. The number of quaternary nitrogens is 1. The smallest absolute Gasteiger partial charge is 0.328 e. The fraction of sp³-hybridized carbons (Fsp3) is 0.947. The Kier molecular flexibility index (Phi) is 11.6. The second-order valence-corrected chi connectivity index (χ2v) is 9.82. The molecule has 0 aliphatic rings. The molecular weight excluding hydrogens is 354 g/mol. The van der Waals surface area contributed by atoms with Gasteiger partial charge in [-0.1, -0.05) is 77.6 Å². The summed E-state index contributed by atoms with van der Waals surface area (Å²) in [4.78, 5) is 9.27. The van der Waals surface area contributed by atoms with Gasteiger partial charge in [0.2, 0.25) is 0 Å². The molecule has 0 spiro atoms. The number of carboxylic acids is 1. The van der Waals surface area contributed by atoms with E-state index in [-0.39, 0.29) is 6.42 Å². The van der Waals surface area contributed by atoms with Crippen molar-refractivity contribution in [2.45, 2.75) is 95.3 Å². The van der Waals surface area contributed by atoms with Gasteiger partial charge in [0.15, 0.2) is 0 Å². The number of likely N-dealkylation sites (N-methyl/N-ethyl adjacent to an activating group) is 1. The number of rotatable bonds is 16. The fourth-order valence-electron chi connectivity index (χ4n) is 3.50. The van der Waals surface area contributed by atoms with E-state index in [1.807, 2.05) is 0 Å². The molecule has 0 bridgehead atoms. The van der Waals surface area contributed by atoms with Crippen molar-refractivity contribution in [3.05, 3.63) is 0 Å². The van der Waals surface area contributed by atoms with Gasteiger partial charge in [-0.25, -0.2) is 0 Å². The van der Waals surface area contributed by atoms with Gasteiger partial charge < -0.3 is 14.4 Å². The lowest BCUT2D eigenvalue weighted by Crippen LogP contribution is -2.69. The van der Waals surface area contributed by atoms with Crippen LogP contribution in [-0.4, -0.2) is 49.4 Å². The van der Waals surface area contributed by atoms with E-state index >= 15 is 0 Å². The van der Waals surface area contributed by atoms with Gasteiger partial charge in [-0.3, -0.25) is 4.55 Å². The molecule has 7 heteroatoms. The fourth-order valence-corrected chi connectivity index (χ4v) is 4.80. The zero-order chi connectivity index (χ0) is 20.3. The predicted octanol–water partition coefficient (Wildman–Crippen LogP) is 3.12. The highest BCUT2D eigenvalue weighted by atomic mass is 32.2. The summed E-state index contributed by atoms with van der Waals surface area (Å²) < 4.78 is 32.7. The minimum Gasteiger partial charge on any atom is -0.543 e. The van der Waals surface area contributed by atoms with Crippen molar-refractivity contribution in [2.24, 2.45) is 0 Å². The zero-order valence-corrected chi connectivity index (χ0v) is 17.9. The Hall–Kier alpha value is -0.660. The van der Waals surface area contributed by atoms with Crippen LogP contribution < -0.4 is 5.11 Å². The van der Waals surface area contributed by atoms with Gasteiger partial charge in [0.25, 0.3) is 4.87 Å². The second kappa shape index (κ2) is 11.9. The lowest BCUT2D eigenvalue weighted by atomic mass is 10.0. The number of carbonyl (C=O) groups excluding carboxylic acids is 1.